The summed E-state index contributed by atoms with van der Waals surface area (Å²) < 4.78 is 54.9. The molecule has 0 fully saturated rings. The highest BCUT2D eigenvalue weighted by atomic mass is 35.5. The lowest BCUT2D eigenvalue weighted by molar-refractivity contribution is -0.258. The van der Waals surface area contributed by atoms with E-state index in [1.165, 1.54) is 12.1 Å². The number of hydrogen-bond donors (Lipinski definition) is 3. The van der Waals surface area contributed by atoms with Crippen molar-refractivity contribution in [2.75, 3.05) is 16.8 Å². The second kappa shape index (κ2) is 7.96. The molecule has 0 aliphatic carbocycles. The third-order valence-electron chi connectivity index (χ3n) is 6.17. The Kier molecular flexibility index (Phi) is 5.26. The summed E-state index contributed by atoms with van der Waals surface area (Å²) in [6.07, 6.45) is -5.16. The van der Waals surface area contributed by atoms with Crippen LogP contribution in [0.2, 0.25) is 5.02 Å². The van der Waals surface area contributed by atoms with E-state index in [-0.39, 0.29) is 16.9 Å². The summed E-state index contributed by atoms with van der Waals surface area (Å²) in [5.41, 5.74) is -3.10. The number of nitrogens with one attached hydrogen (secondary N) is 2. The fourth-order valence-corrected chi connectivity index (χ4v) is 4.73. The monoisotopic (exact) mass is 505 g/mol. The number of urea groups is 1. The summed E-state index contributed by atoms with van der Waals surface area (Å²) in [6, 6.07) is 12.1. The number of carbonyl (C=O) groups excluding carboxylic acids is 2. The minimum Gasteiger partial charge on any atom is -0.375 e. The van der Waals surface area contributed by atoms with Crippen molar-refractivity contribution in [1.29, 1.82) is 0 Å². The van der Waals surface area contributed by atoms with Crippen LogP contribution < -0.4 is 15.5 Å². The molecule has 3 amide bonds. The molecule has 0 radical (unpaired) electrons. The summed E-state index contributed by atoms with van der Waals surface area (Å²) in [5.74, 6) is -1.39. The normalized spacial score (nSPS) is 20.9. The molecule has 3 aromatic carbocycles. The number of nitrogens with zero attached hydrogens (tertiary/aromatic N) is 1. The molecular formula is C24H16ClF4N3O3. The lowest BCUT2D eigenvalue weighted by Crippen LogP contribution is -2.48. The number of hydrogen-bond acceptors (Lipinski definition) is 3. The lowest BCUT2D eigenvalue weighted by Gasteiger charge is -2.27. The number of carbonyl (C=O) groups is 2. The molecule has 2 aliphatic heterocycles. The van der Waals surface area contributed by atoms with Crippen LogP contribution in [0.15, 0.2) is 60.7 Å². The van der Waals surface area contributed by atoms with Crippen LogP contribution in [0.25, 0.3) is 0 Å². The molecule has 3 aromatic rings. The number of alkyl halides is 3. The van der Waals surface area contributed by atoms with Gasteiger partial charge in [0.05, 0.1) is 18.3 Å². The van der Waals surface area contributed by atoms with Crippen molar-refractivity contribution in [1.82, 2.24) is 5.32 Å². The number of rotatable bonds is 2. The van der Waals surface area contributed by atoms with Gasteiger partial charge < -0.3 is 15.7 Å². The highest BCUT2D eigenvalue weighted by Crippen LogP contribution is 2.49. The number of benzene rings is 3. The summed E-state index contributed by atoms with van der Waals surface area (Å²) in [5, 5.41) is 16.1. The van der Waals surface area contributed by atoms with E-state index in [2.05, 4.69) is 10.6 Å². The second-order valence-corrected chi connectivity index (χ2v) is 8.64. The molecular weight excluding hydrogens is 490 g/mol. The average molecular weight is 506 g/mol. The topological polar surface area (TPSA) is 81.7 Å². The first-order valence-corrected chi connectivity index (χ1v) is 10.7. The molecule has 0 spiro atoms. The Bertz CT molecular complexity index is 1380. The highest BCUT2D eigenvalue weighted by molar-refractivity contribution is 6.31. The minimum absolute atomic E-state index is 0.168. The first-order valence-electron chi connectivity index (χ1n) is 10.4. The number of amides is 3. The van der Waals surface area contributed by atoms with Gasteiger partial charge in [0.2, 0.25) is 5.60 Å². The van der Waals surface area contributed by atoms with Gasteiger partial charge in [0.15, 0.2) is 0 Å². The first kappa shape index (κ1) is 23.1. The number of anilines is 2. The van der Waals surface area contributed by atoms with Gasteiger partial charge in [-0.3, -0.25) is 9.69 Å². The molecule has 0 aromatic heterocycles. The van der Waals surface area contributed by atoms with Gasteiger partial charge in [-0.05, 0) is 42.0 Å². The van der Waals surface area contributed by atoms with Gasteiger partial charge in [0.1, 0.15) is 5.82 Å². The van der Waals surface area contributed by atoms with E-state index in [1.54, 1.807) is 30.3 Å². The Morgan fingerprint density at radius 3 is 2.60 bits per heavy atom. The van der Waals surface area contributed by atoms with Gasteiger partial charge in [-0.1, -0.05) is 35.9 Å². The Balaban J connectivity index is 1.53. The number of halogens is 5. The Morgan fingerprint density at radius 2 is 1.89 bits per heavy atom. The fraction of sp³-hybridized carbons (Fsp3) is 0.167. The average Bonchev–Trinajstić information content (AvgIpc) is 3.30. The zero-order valence-corrected chi connectivity index (χ0v) is 18.4. The smallest absolute Gasteiger partial charge is 0.375 e. The summed E-state index contributed by atoms with van der Waals surface area (Å²) >= 11 is 6.31. The maximum absolute atomic E-state index is 13.7. The van der Waals surface area contributed by atoms with Crippen LogP contribution in [0.3, 0.4) is 0 Å². The fourth-order valence-electron chi connectivity index (χ4n) is 4.49. The quantitative estimate of drug-likeness (QED) is 0.423. The molecule has 2 atom stereocenters. The molecule has 11 heteroatoms. The van der Waals surface area contributed by atoms with Crippen LogP contribution in [0.1, 0.15) is 33.1 Å². The largest absolute Gasteiger partial charge is 0.423 e. The van der Waals surface area contributed by atoms with E-state index in [9.17, 15) is 32.3 Å². The molecule has 35 heavy (non-hydrogen) atoms. The van der Waals surface area contributed by atoms with Crippen molar-refractivity contribution in [3.8, 4) is 0 Å². The van der Waals surface area contributed by atoms with Crippen molar-refractivity contribution >= 4 is 34.9 Å². The Labute approximate surface area is 201 Å². The molecule has 180 valence electrons. The Hall–Kier alpha value is -3.63. The lowest BCUT2D eigenvalue weighted by atomic mass is 9.95. The van der Waals surface area contributed by atoms with E-state index >= 15 is 0 Å². The van der Waals surface area contributed by atoms with Crippen molar-refractivity contribution in [3.05, 3.63) is 93.8 Å². The molecule has 3 N–H and O–H groups in total. The maximum Gasteiger partial charge on any atom is 0.423 e. The van der Waals surface area contributed by atoms with Gasteiger partial charge in [0.25, 0.3) is 5.91 Å². The summed E-state index contributed by atoms with van der Waals surface area (Å²) in [7, 11) is 0. The zero-order chi connectivity index (χ0) is 25.1. The van der Waals surface area contributed by atoms with Crippen LogP contribution in [0, 0.1) is 5.82 Å². The maximum atomic E-state index is 13.7. The minimum atomic E-state index is -5.16. The summed E-state index contributed by atoms with van der Waals surface area (Å²) in [4.78, 5) is 26.4. The van der Waals surface area contributed by atoms with Crippen molar-refractivity contribution in [2.24, 2.45) is 0 Å². The Morgan fingerprint density at radius 1 is 1.14 bits per heavy atom. The molecule has 2 aliphatic rings. The van der Waals surface area contributed by atoms with Crippen molar-refractivity contribution in [2.45, 2.75) is 17.8 Å². The van der Waals surface area contributed by atoms with E-state index < -0.39 is 47.7 Å². The van der Waals surface area contributed by atoms with Gasteiger partial charge in [-0.2, -0.15) is 13.2 Å². The molecule has 6 nitrogen and oxygen atoms in total. The van der Waals surface area contributed by atoms with Crippen molar-refractivity contribution in [3.63, 3.8) is 0 Å². The van der Waals surface area contributed by atoms with Gasteiger partial charge >= 0.3 is 12.2 Å². The zero-order valence-electron chi connectivity index (χ0n) is 17.7. The van der Waals surface area contributed by atoms with Crippen molar-refractivity contribution < 1.29 is 32.3 Å². The molecule has 0 saturated heterocycles. The standard InChI is InChI=1S/C24H16ClF4N3O3/c25-16-6-2-1-4-13(16)20-19-14(21(33)31-20)5-3-7-17(19)30-22(34)32-11-23(35,24(27,28)29)15-10-12(26)8-9-18(15)32/h1-10,20,35H,11H2,(H,30,34)(H,31,33). The first-order chi connectivity index (χ1) is 16.5. The third kappa shape index (κ3) is 3.60. The van der Waals surface area contributed by atoms with Crippen LogP contribution >= 0.6 is 11.6 Å². The molecule has 2 unspecified atom stereocenters. The van der Waals surface area contributed by atoms with Crippen LogP contribution in [0.5, 0.6) is 0 Å². The van der Waals surface area contributed by atoms with E-state index in [4.69, 9.17) is 11.6 Å². The highest BCUT2D eigenvalue weighted by Gasteiger charge is 2.61. The molecule has 2 heterocycles. The van der Waals surface area contributed by atoms with Gasteiger partial charge in [-0.25, -0.2) is 9.18 Å². The van der Waals surface area contributed by atoms with E-state index in [0.717, 1.165) is 12.1 Å². The van der Waals surface area contributed by atoms with E-state index in [0.29, 0.717) is 27.1 Å². The van der Waals surface area contributed by atoms with E-state index in [1.807, 2.05) is 0 Å². The number of fused-ring (bicyclic) bond motifs is 2. The second-order valence-electron chi connectivity index (χ2n) is 8.23. The molecule has 5 rings (SSSR count). The summed E-state index contributed by atoms with van der Waals surface area (Å²) in [6.45, 7) is -1.17. The van der Waals surface area contributed by atoms with Crippen LogP contribution in [-0.4, -0.2) is 29.8 Å². The van der Waals surface area contributed by atoms with Gasteiger partial charge in [-0.15, -0.1) is 0 Å². The SMILES string of the molecule is O=C1NC(c2ccccc2Cl)c2c(NC(=O)N3CC(O)(C(F)(F)F)c4cc(F)ccc43)cccc21. The molecule has 0 bridgehead atoms. The predicted molar refractivity (Wildman–Crippen MR) is 120 cm³/mol. The van der Waals surface area contributed by atoms with Crippen LogP contribution in [0.4, 0.5) is 33.7 Å². The number of β-amino-alcohol motifs (C(OH)–C–C–N with tert-alkyl or cyclic N) is 1. The van der Waals surface area contributed by atoms with Gasteiger partial charge in [0, 0.05) is 27.4 Å². The van der Waals surface area contributed by atoms with Crippen LogP contribution in [-0.2, 0) is 5.60 Å². The predicted octanol–water partition coefficient (Wildman–Crippen LogP) is 5.11. The third-order valence-corrected chi connectivity index (χ3v) is 6.51. The number of aliphatic hydroxyl groups is 1. The molecule has 0 saturated carbocycles.